The summed E-state index contributed by atoms with van der Waals surface area (Å²) in [7, 11) is -3.69. The molecule has 3 aromatic carbocycles. The van der Waals surface area contributed by atoms with Gasteiger partial charge < -0.3 is 10.5 Å². The van der Waals surface area contributed by atoms with Crippen molar-refractivity contribution < 1.29 is 13.2 Å². The Kier molecular flexibility index (Phi) is 6.80. The van der Waals surface area contributed by atoms with Gasteiger partial charge in [-0.2, -0.15) is 0 Å². The zero-order valence-corrected chi connectivity index (χ0v) is 16.8. The fourth-order valence-electron chi connectivity index (χ4n) is 3.15. The Morgan fingerprint density at radius 1 is 0.964 bits per heavy atom. The van der Waals surface area contributed by atoms with Crippen LogP contribution in [-0.4, -0.2) is 27.6 Å². The van der Waals surface area contributed by atoms with Crippen LogP contribution in [0.15, 0.2) is 71.6 Å². The largest absolute Gasteiger partial charge is 0.377 e. The molecule has 5 nitrogen and oxygen atoms in total. The van der Waals surface area contributed by atoms with Gasteiger partial charge in [0.25, 0.3) is 0 Å². The van der Waals surface area contributed by atoms with Crippen LogP contribution < -0.4 is 10.5 Å². The number of aryl methyl sites for hydroxylation is 1. The van der Waals surface area contributed by atoms with Gasteiger partial charge in [0.05, 0.1) is 11.5 Å². The lowest BCUT2D eigenvalue weighted by Gasteiger charge is -2.18. The minimum absolute atomic E-state index is 0.206. The SMILES string of the molecule is Cc1ccc(S(=O)(=O)N[C@H](CN)CCOCc2ccccc2)c2ccccc12. The molecule has 0 aliphatic rings. The number of sulfonamides is 1. The summed E-state index contributed by atoms with van der Waals surface area (Å²) in [4.78, 5) is 0.275. The number of nitrogens with two attached hydrogens (primary N) is 1. The number of hydrogen-bond acceptors (Lipinski definition) is 4. The fraction of sp³-hybridized carbons (Fsp3) is 0.273. The molecule has 1 atom stereocenters. The van der Waals surface area contributed by atoms with E-state index in [1.807, 2.05) is 67.6 Å². The molecule has 3 aromatic rings. The van der Waals surface area contributed by atoms with E-state index in [0.29, 0.717) is 25.0 Å². The van der Waals surface area contributed by atoms with Crippen molar-refractivity contribution in [3.63, 3.8) is 0 Å². The quantitative estimate of drug-likeness (QED) is 0.542. The summed E-state index contributed by atoms with van der Waals surface area (Å²) < 4.78 is 34.4. The van der Waals surface area contributed by atoms with Crippen LogP contribution in [0.3, 0.4) is 0 Å². The number of benzene rings is 3. The molecule has 3 N–H and O–H groups in total. The molecular formula is C22H26N2O3S. The molecule has 0 aromatic heterocycles. The summed E-state index contributed by atoms with van der Waals surface area (Å²) >= 11 is 0. The van der Waals surface area contributed by atoms with E-state index in [1.54, 1.807) is 6.07 Å². The highest BCUT2D eigenvalue weighted by molar-refractivity contribution is 7.89. The smallest absolute Gasteiger partial charge is 0.241 e. The number of fused-ring (bicyclic) bond motifs is 1. The molecule has 0 saturated heterocycles. The molecule has 0 fully saturated rings. The van der Waals surface area contributed by atoms with Crippen LogP contribution in [0.25, 0.3) is 10.8 Å². The molecule has 6 heteroatoms. The maximum absolute atomic E-state index is 13.0. The van der Waals surface area contributed by atoms with E-state index < -0.39 is 10.0 Å². The number of nitrogens with one attached hydrogen (secondary N) is 1. The summed E-state index contributed by atoms with van der Waals surface area (Å²) in [5, 5.41) is 1.65. The Balaban J connectivity index is 1.66. The average Bonchev–Trinajstić information content (AvgIpc) is 2.71. The molecule has 0 aliphatic carbocycles. The molecule has 0 unspecified atom stereocenters. The fourth-order valence-corrected chi connectivity index (χ4v) is 4.65. The van der Waals surface area contributed by atoms with Crippen molar-refractivity contribution in [2.24, 2.45) is 5.73 Å². The molecule has 148 valence electrons. The van der Waals surface area contributed by atoms with Crippen LogP contribution in [-0.2, 0) is 21.4 Å². The molecule has 3 rings (SSSR count). The first kappa shape index (κ1) is 20.5. The third-order valence-electron chi connectivity index (χ3n) is 4.72. The molecule has 0 radical (unpaired) electrons. The van der Waals surface area contributed by atoms with Gasteiger partial charge in [0.1, 0.15) is 0 Å². The zero-order chi connectivity index (χ0) is 20.0. The van der Waals surface area contributed by atoms with Gasteiger partial charge in [-0.25, -0.2) is 13.1 Å². The Hall–Kier alpha value is -2.25. The number of ether oxygens (including phenoxy) is 1. The predicted molar refractivity (Wildman–Crippen MR) is 113 cm³/mol. The highest BCUT2D eigenvalue weighted by Crippen LogP contribution is 2.26. The van der Waals surface area contributed by atoms with Gasteiger partial charge in [-0.05, 0) is 35.9 Å². The Labute approximate surface area is 166 Å². The van der Waals surface area contributed by atoms with Crippen molar-refractivity contribution in [2.75, 3.05) is 13.2 Å². The molecular weight excluding hydrogens is 372 g/mol. The normalized spacial score (nSPS) is 12.9. The third-order valence-corrected chi connectivity index (χ3v) is 6.30. The second-order valence-electron chi connectivity index (χ2n) is 6.81. The lowest BCUT2D eigenvalue weighted by atomic mass is 10.1. The maximum Gasteiger partial charge on any atom is 0.241 e. The van der Waals surface area contributed by atoms with Gasteiger partial charge in [0.2, 0.25) is 10.0 Å². The topological polar surface area (TPSA) is 81.4 Å². The van der Waals surface area contributed by atoms with E-state index in [4.69, 9.17) is 10.5 Å². The monoisotopic (exact) mass is 398 g/mol. The molecule has 0 aliphatic heterocycles. The number of hydrogen-bond donors (Lipinski definition) is 2. The Bertz CT molecular complexity index is 1020. The van der Waals surface area contributed by atoms with Crippen molar-refractivity contribution in [1.29, 1.82) is 0 Å². The standard InChI is InChI=1S/C22H26N2O3S/c1-17-11-12-22(21-10-6-5-9-20(17)21)28(25,26)24-19(15-23)13-14-27-16-18-7-3-2-4-8-18/h2-12,19,24H,13-16,23H2,1H3/t19-/m0/s1. The summed E-state index contributed by atoms with van der Waals surface area (Å²) in [6.45, 7) is 3.10. The molecule has 28 heavy (non-hydrogen) atoms. The molecule has 0 amide bonds. The zero-order valence-electron chi connectivity index (χ0n) is 16.0. The van der Waals surface area contributed by atoms with Crippen LogP contribution in [0.1, 0.15) is 17.5 Å². The first-order valence-electron chi connectivity index (χ1n) is 9.33. The van der Waals surface area contributed by atoms with Gasteiger partial charge >= 0.3 is 0 Å². The minimum atomic E-state index is -3.69. The van der Waals surface area contributed by atoms with Crippen LogP contribution in [0.2, 0.25) is 0 Å². The van der Waals surface area contributed by atoms with E-state index in [9.17, 15) is 8.42 Å². The van der Waals surface area contributed by atoms with E-state index in [0.717, 1.165) is 16.5 Å². The molecule has 0 saturated carbocycles. The van der Waals surface area contributed by atoms with Crippen LogP contribution >= 0.6 is 0 Å². The van der Waals surface area contributed by atoms with Crippen LogP contribution in [0.4, 0.5) is 0 Å². The summed E-state index contributed by atoms with van der Waals surface area (Å²) in [5.41, 5.74) is 7.93. The van der Waals surface area contributed by atoms with Gasteiger partial charge in [-0.15, -0.1) is 0 Å². The van der Waals surface area contributed by atoms with Crippen molar-refractivity contribution in [3.8, 4) is 0 Å². The summed E-state index contributed by atoms with van der Waals surface area (Å²) in [6, 6.07) is 20.5. The second-order valence-corrected chi connectivity index (χ2v) is 8.49. The molecule has 0 spiro atoms. The van der Waals surface area contributed by atoms with Crippen molar-refractivity contribution >= 4 is 20.8 Å². The average molecular weight is 399 g/mol. The lowest BCUT2D eigenvalue weighted by Crippen LogP contribution is -2.40. The molecule has 0 bridgehead atoms. The van der Waals surface area contributed by atoms with Crippen molar-refractivity contribution in [1.82, 2.24) is 4.72 Å². The highest BCUT2D eigenvalue weighted by atomic mass is 32.2. The van der Waals surface area contributed by atoms with Gasteiger partial charge in [-0.3, -0.25) is 0 Å². The Morgan fingerprint density at radius 2 is 1.64 bits per heavy atom. The minimum Gasteiger partial charge on any atom is -0.377 e. The van der Waals surface area contributed by atoms with Crippen molar-refractivity contribution in [3.05, 3.63) is 77.9 Å². The maximum atomic E-state index is 13.0. The van der Waals surface area contributed by atoms with E-state index in [2.05, 4.69) is 4.72 Å². The van der Waals surface area contributed by atoms with Gasteiger partial charge in [-0.1, -0.05) is 60.7 Å². The van der Waals surface area contributed by atoms with Crippen molar-refractivity contribution in [2.45, 2.75) is 30.9 Å². The Morgan fingerprint density at radius 3 is 2.36 bits per heavy atom. The van der Waals surface area contributed by atoms with Gasteiger partial charge in [0.15, 0.2) is 0 Å². The first-order valence-corrected chi connectivity index (χ1v) is 10.8. The lowest BCUT2D eigenvalue weighted by molar-refractivity contribution is 0.113. The van der Waals surface area contributed by atoms with E-state index in [1.165, 1.54) is 0 Å². The second kappa shape index (κ2) is 9.30. The first-order chi connectivity index (χ1) is 13.5. The van der Waals surface area contributed by atoms with Crippen LogP contribution in [0, 0.1) is 6.92 Å². The van der Waals surface area contributed by atoms with Crippen LogP contribution in [0.5, 0.6) is 0 Å². The molecule has 0 heterocycles. The summed E-state index contributed by atoms with van der Waals surface area (Å²) in [5.74, 6) is 0. The summed E-state index contributed by atoms with van der Waals surface area (Å²) in [6.07, 6.45) is 0.506. The van der Waals surface area contributed by atoms with E-state index >= 15 is 0 Å². The van der Waals surface area contributed by atoms with Gasteiger partial charge in [0, 0.05) is 24.6 Å². The van der Waals surface area contributed by atoms with E-state index in [-0.39, 0.29) is 17.5 Å². The highest BCUT2D eigenvalue weighted by Gasteiger charge is 2.21. The third kappa shape index (κ3) is 4.97. The predicted octanol–water partition coefficient (Wildman–Crippen LogP) is 3.36. The number of rotatable bonds is 9.